The molecule has 0 heterocycles. The van der Waals surface area contributed by atoms with E-state index in [-0.39, 0.29) is 0 Å². The van der Waals surface area contributed by atoms with Crippen molar-refractivity contribution in [3.8, 4) is 0 Å². The molecule has 0 saturated heterocycles. The highest BCUT2D eigenvalue weighted by molar-refractivity contribution is 6.22. The van der Waals surface area contributed by atoms with Gasteiger partial charge in [0.05, 0.1) is 5.38 Å². The molecule has 0 aliphatic heterocycles. The average molecular weight is 185 g/mol. The third-order valence-corrected chi connectivity index (χ3v) is 3.10. The van der Waals surface area contributed by atoms with Crippen molar-refractivity contribution in [1.82, 2.24) is 0 Å². The van der Waals surface area contributed by atoms with Crippen molar-refractivity contribution in [2.45, 2.75) is 36.2 Å². The Morgan fingerprint density at radius 1 is 1.18 bits per heavy atom. The molecule has 2 atom stereocenters. The predicted molar refractivity (Wildman–Crippen MR) is 35.8 cm³/mol. The predicted octanol–water partition coefficient (Wildman–Crippen LogP) is 2.75. The highest BCUT2D eigenvalue weighted by atomic mass is 35.5. The van der Waals surface area contributed by atoms with Crippen molar-refractivity contribution in [2.75, 3.05) is 0 Å². The van der Waals surface area contributed by atoms with Gasteiger partial charge >= 0.3 is 0 Å². The molecule has 2 aliphatic carbocycles. The molecule has 2 unspecified atom stereocenters. The van der Waals surface area contributed by atoms with Crippen LogP contribution < -0.4 is 0 Å². The first-order valence-electron chi connectivity index (χ1n) is 3.69. The maximum Gasteiger partial charge on any atom is 0.284 e. The highest BCUT2D eigenvalue weighted by Gasteiger charge is 2.74. The first-order valence-corrected chi connectivity index (χ1v) is 4.13. The Bertz CT molecular complexity index is 186. The van der Waals surface area contributed by atoms with E-state index < -0.39 is 29.3 Å². The standard InChI is InChI=1S/C7H8ClF3/c8-5-3-6(9,10)7(5,11)4-1-2-4/h4-5H,1-3H2. The van der Waals surface area contributed by atoms with Crippen LogP contribution in [0.3, 0.4) is 0 Å². The van der Waals surface area contributed by atoms with Crippen molar-refractivity contribution >= 4 is 11.6 Å². The van der Waals surface area contributed by atoms with Gasteiger partial charge in [0.1, 0.15) is 0 Å². The lowest BCUT2D eigenvalue weighted by atomic mass is 9.73. The smallest absolute Gasteiger partial charge is 0.235 e. The van der Waals surface area contributed by atoms with E-state index in [1.165, 1.54) is 0 Å². The summed E-state index contributed by atoms with van der Waals surface area (Å²) in [6.07, 6.45) is 0.631. The zero-order valence-electron chi connectivity index (χ0n) is 5.79. The second-order valence-corrected chi connectivity index (χ2v) is 3.95. The molecular weight excluding hydrogens is 177 g/mol. The number of hydrogen-bond donors (Lipinski definition) is 0. The topological polar surface area (TPSA) is 0 Å². The first-order chi connectivity index (χ1) is 4.98. The molecule has 0 nitrogen and oxygen atoms in total. The lowest BCUT2D eigenvalue weighted by Crippen LogP contribution is -2.64. The SMILES string of the molecule is FC1(F)CC(Cl)C1(F)C1CC1. The molecule has 4 heteroatoms. The molecule has 2 aliphatic rings. The van der Waals surface area contributed by atoms with Crippen molar-refractivity contribution in [1.29, 1.82) is 0 Å². The molecule has 0 aromatic carbocycles. The molecule has 64 valence electrons. The van der Waals surface area contributed by atoms with E-state index in [0.717, 1.165) is 0 Å². The van der Waals surface area contributed by atoms with Crippen LogP contribution in [0.2, 0.25) is 0 Å². The van der Waals surface area contributed by atoms with Crippen LogP contribution in [0.15, 0.2) is 0 Å². The Morgan fingerprint density at radius 2 is 1.73 bits per heavy atom. The largest absolute Gasteiger partial charge is 0.284 e. The van der Waals surface area contributed by atoms with Gasteiger partial charge in [0.15, 0.2) is 5.67 Å². The molecule has 2 rings (SSSR count). The fraction of sp³-hybridized carbons (Fsp3) is 1.00. The van der Waals surface area contributed by atoms with Gasteiger partial charge in [-0.2, -0.15) is 0 Å². The van der Waals surface area contributed by atoms with Gasteiger partial charge in [-0.15, -0.1) is 11.6 Å². The second kappa shape index (κ2) is 1.87. The average Bonchev–Trinajstić information content (AvgIpc) is 2.66. The van der Waals surface area contributed by atoms with E-state index in [1.807, 2.05) is 0 Å². The lowest BCUT2D eigenvalue weighted by Gasteiger charge is -2.47. The molecule has 0 radical (unpaired) electrons. The van der Waals surface area contributed by atoms with E-state index in [2.05, 4.69) is 0 Å². The normalized spacial score (nSPS) is 48.5. The van der Waals surface area contributed by atoms with Gasteiger partial charge in [-0.25, -0.2) is 13.2 Å². The third kappa shape index (κ3) is 0.778. The Hall–Kier alpha value is 0.0800. The van der Waals surface area contributed by atoms with Crippen LogP contribution in [0, 0.1) is 5.92 Å². The minimum atomic E-state index is -3.17. The summed E-state index contributed by atoms with van der Waals surface area (Å²) < 4.78 is 38.7. The summed E-state index contributed by atoms with van der Waals surface area (Å²) in [5.74, 6) is -3.64. The molecular formula is C7H8ClF3. The van der Waals surface area contributed by atoms with E-state index in [9.17, 15) is 13.2 Å². The summed E-state index contributed by atoms with van der Waals surface area (Å²) >= 11 is 5.42. The maximum atomic E-state index is 13.4. The summed E-state index contributed by atoms with van der Waals surface area (Å²) in [5, 5.41) is -0.968. The summed E-state index contributed by atoms with van der Waals surface area (Å²) in [6.45, 7) is 0. The minimum absolute atomic E-state index is 0.478. The zero-order chi connectivity index (χ0) is 8.28. The van der Waals surface area contributed by atoms with Gasteiger partial charge in [-0.05, 0) is 12.8 Å². The fourth-order valence-corrected chi connectivity index (χ4v) is 2.22. The van der Waals surface area contributed by atoms with Gasteiger partial charge in [-0.1, -0.05) is 0 Å². The molecule has 0 spiro atoms. The van der Waals surface area contributed by atoms with Crippen molar-refractivity contribution in [3.05, 3.63) is 0 Å². The number of alkyl halides is 4. The zero-order valence-corrected chi connectivity index (χ0v) is 6.54. The molecule has 0 aromatic heterocycles. The second-order valence-electron chi connectivity index (χ2n) is 3.42. The quantitative estimate of drug-likeness (QED) is 0.550. The summed E-state index contributed by atoms with van der Waals surface area (Å²) in [5.41, 5.74) is -2.38. The molecule has 0 amide bonds. The van der Waals surface area contributed by atoms with E-state index in [4.69, 9.17) is 11.6 Å². The van der Waals surface area contributed by atoms with Crippen molar-refractivity contribution < 1.29 is 13.2 Å². The Kier molecular flexibility index (Phi) is 1.31. The molecule has 0 N–H and O–H groups in total. The summed E-state index contributed by atoms with van der Waals surface area (Å²) in [4.78, 5) is 0. The van der Waals surface area contributed by atoms with Crippen LogP contribution in [0.4, 0.5) is 13.2 Å². The fourth-order valence-electron chi connectivity index (χ4n) is 1.69. The number of hydrogen-bond acceptors (Lipinski definition) is 0. The maximum absolute atomic E-state index is 13.4. The van der Waals surface area contributed by atoms with Crippen LogP contribution >= 0.6 is 11.6 Å². The minimum Gasteiger partial charge on any atom is -0.235 e. The molecule has 2 saturated carbocycles. The number of halogens is 4. The van der Waals surface area contributed by atoms with Gasteiger partial charge in [0.25, 0.3) is 5.92 Å². The van der Waals surface area contributed by atoms with Gasteiger partial charge < -0.3 is 0 Å². The van der Waals surface area contributed by atoms with Crippen LogP contribution in [0.25, 0.3) is 0 Å². The summed E-state index contributed by atoms with van der Waals surface area (Å²) in [7, 11) is 0. The molecule has 11 heavy (non-hydrogen) atoms. The molecule has 0 bridgehead atoms. The van der Waals surface area contributed by atoms with Gasteiger partial charge in [0.2, 0.25) is 0 Å². The lowest BCUT2D eigenvalue weighted by molar-refractivity contribution is -0.216. The Balaban J connectivity index is 2.20. The van der Waals surface area contributed by atoms with Gasteiger partial charge in [0, 0.05) is 12.3 Å². The van der Waals surface area contributed by atoms with Crippen molar-refractivity contribution in [2.24, 2.45) is 5.92 Å². The third-order valence-electron chi connectivity index (χ3n) is 2.62. The van der Waals surface area contributed by atoms with Crippen LogP contribution in [0.5, 0.6) is 0 Å². The Labute approximate surface area is 67.7 Å². The van der Waals surface area contributed by atoms with Gasteiger partial charge in [-0.3, -0.25) is 0 Å². The van der Waals surface area contributed by atoms with E-state index in [1.54, 1.807) is 0 Å². The summed E-state index contributed by atoms with van der Waals surface area (Å²) in [6, 6.07) is 0. The molecule has 2 fully saturated rings. The van der Waals surface area contributed by atoms with Crippen molar-refractivity contribution in [3.63, 3.8) is 0 Å². The van der Waals surface area contributed by atoms with E-state index >= 15 is 0 Å². The highest BCUT2D eigenvalue weighted by Crippen LogP contribution is 2.62. The Morgan fingerprint density at radius 3 is 1.91 bits per heavy atom. The number of rotatable bonds is 1. The monoisotopic (exact) mass is 184 g/mol. The van der Waals surface area contributed by atoms with E-state index in [0.29, 0.717) is 12.8 Å². The van der Waals surface area contributed by atoms with Crippen LogP contribution in [0.1, 0.15) is 19.3 Å². The molecule has 0 aromatic rings. The first kappa shape index (κ1) is 7.71. The van der Waals surface area contributed by atoms with Crippen LogP contribution in [-0.4, -0.2) is 17.0 Å². The van der Waals surface area contributed by atoms with Crippen LogP contribution in [-0.2, 0) is 0 Å².